The number of nitrogens with zero attached hydrogens (tertiary/aromatic N) is 2. The molecule has 1 atom stereocenters. The molecular formula is C17H25N3O2S. The summed E-state index contributed by atoms with van der Waals surface area (Å²) in [5.41, 5.74) is 1.24. The maximum atomic E-state index is 12.5. The van der Waals surface area contributed by atoms with Gasteiger partial charge in [0.2, 0.25) is 11.8 Å². The molecule has 1 fully saturated rings. The second-order valence-corrected chi connectivity index (χ2v) is 7.04. The fourth-order valence-corrected chi connectivity index (χ4v) is 3.46. The molecule has 0 spiro atoms. The van der Waals surface area contributed by atoms with Gasteiger partial charge in [-0.2, -0.15) is 0 Å². The lowest BCUT2D eigenvalue weighted by Gasteiger charge is -2.35. The van der Waals surface area contributed by atoms with Gasteiger partial charge in [-0.1, -0.05) is 30.3 Å². The summed E-state index contributed by atoms with van der Waals surface area (Å²) in [7, 11) is 1.65. The van der Waals surface area contributed by atoms with E-state index in [-0.39, 0.29) is 17.1 Å². The molecule has 0 radical (unpaired) electrons. The summed E-state index contributed by atoms with van der Waals surface area (Å²) in [5, 5.41) is 2.59. The number of amides is 2. The van der Waals surface area contributed by atoms with Gasteiger partial charge in [-0.25, -0.2) is 0 Å². The average molecular weight is 335 g/mol. The minimum Gasteiger partial charge on any atom is -0.358 e. The van der Waals surface area contributed by atoms with Gasteiger partial charge in [-0.05, 0) is 12.5 Å². The van der Waals surface area contributed by atoms with Crippen molar-refractivity contribution in [3.05, 3.63) is 35.9 Å². The second kappa shape index (κ2) is 8.93. The molecule has 1 aromatic carbocycles. The Labute approximate surface area is 142 Å². The average Bonchev–Trinajstić information content (AvgIpc) is 2.60. The van der Waals surface area contributed by atoms with E-state index in [1.807, 2.05) is 30.0 Å². The van der Waals surface area contributed by atoms with Crippen LogP contribution in [0.15, 0.2) is 30.3 Å². The predicted octanol–water partition coefficient (Wildman–Crippen LogP) is 1.20. The van der Waals surface area contributed by atoms with Crippen LogP contribution in [0.25, 0.3) is 0 Å². The van der Waals surface area contributed by atoms with Gasteiger partial charge in [0, 0.05) is 39.0 Å². The molecule has 1 unspecified atom stereocenters. The van der Waals surface area contributed by atoms with Crippen LogP contribution in [0.4, 0.5) is 0 Å². The van der Waals surface area contributed by atoms with Crippen LogP contribution in [0.5, 0.6) is 0 Å². The zero-order valence-electron chi connectivity index (χ0n) is 13.8. The van der Waals surface area contributed by atoms with Crippen LogP contribution >= 0.6 is 11.8 Å². The van der Waals surface area contributed by atoms with Crippen LogP contribution in [0.3, 0.4) is 0 Å². The Morgan fingerprint density at radius 3 is 2.43 bits per heavy atom. The van der Waals surface area contributed by atoms with Gasteiger partial charge in [0.25, 0.3) is 0 Å². The molecule has 1 heterocycles. The van der Waals surface area contributed by atoms with Gasteiger partial charge >= 0.3 is 0 Å². The Bertz CT molecular complexity index is 516. The number of nitrogens with one attached hydrogen (secondary N) is 1. The second-order valence-electron chi connectivity index (χ2n) is 5.71. The molecule has 2 rings (SSSR count). The van der Waals surface area contributed by atoms with Crippen molar-refractivity contribution in [3.63, 3.8) is 0 Å². The van der Waals surface area contributed by atoms with E-state index in [1.54, 1.807) is 18.8 Å². The predicted molar refractivity (Wildman–Crippen MR) is 94.3 cm³/mol. The van der Waals surface area contributed by atoms with Crippen molar-refractivity contribution in [1.29, 1.82) is 0 Å². The summed E-state index contributed by atoms with van der Waals surface area (Å²) in [6.07, 6.45) is 0. The number of hydrogen-bond acceptors (Lipinski definition) is 4. The number of hydrogen-bond donors (Lipinski definition) is 1. The Kier molecular flexibility index (Phi) is 6.92. The Balaban J connectivity index is 1.74. The third-order valence-corrected chi connectivity index (χ3v) is 5.22. The van der Waals surface area contributed by atoms with Crippen molar-refractivity contribution < 1.29 is 9.59 Å². The van der Waals surface area contributed by atoms with E-state index in [2.05, 4.69) is 22.3 Å². The first-order chi connectivity index (χ1) is 11.1. The molecule has 1 saturated heterocycles. The van der Waals surface area contributed by atoms with Gasteiger partial charge in [0.1, 0.15) is 0 Å². The van der Waals surface area contributed by atoms with Crippen molar-refractivity contribution in [3.8, 4) is 0 Å². The van der Waals surface area contributed by atoms with E-state index in [1.165, 1.54) is 5.56 Å². The molecule has 1 aliphatic rings. The van der Waals surface area contributed by atoms with E-state index >= 15 is 0 Å². The number of piperazine rings is 1. The minimum absolute atomic E-state index is 0.0246. The number of benzene rings is 1. The minimum atomic E-state index is -0.0410. The van der Waals surface area contributed by atoms with Crippen LogP contribution in [-0.4, -0.2) is 66.6 Å². The number of likely N-dealkylation sites (N-methyl/N-ethyl adjacent to an activating group) is 1. The number of carbonyl (C=O) groups excluding carboxylic acids is 2. The molecule has 23 heavy (non-hydrogen) atoms. The molecule has 1 N–H and O–H groups in total. The Morgan fingerprint density at radius 1 is 1.17 bits per heavy atom. The molecule has 0 bridgehead atoms. The first-order valence-corrected chi connectivity index (χ1v) is 9.02. The van der Waals surface area contributed by atoms with Gasteiger partial charge in [-0.3, -0.25) is 14.5 Å². The normalized spacial score (nSPS) is 16.9. The highest BCUT2D eigenvalue weighted by Crippen LogP contribution is 2.20. The summed E-state index contributed by atoms with van der Waals surface area (Å²) in [6.45, 7) is 5.31. The largest absolute Gasteiger partial charge is 0.358 e. The summed E-state index contributed by atoms with van der Waals surface area (Å²) < 4.78 is 0. The molecule has 1 aromatic rings. The highest BCUT2D eigenvalue weighted by molar-refractivity contribution is 7.99. The van der Waals surface area contributed by atoms with E-state index in [0.29, 0.717) is 19.6 Å². The molecule has 0 saturated carbocycles. The van der Waals surface area contributed by atoms with Crippen LogP contribution in [0, 0.1) is 0 Å². The monoisotopic (exact) mass is 335 g/mol. The van der Waals surface area contributed by atoms with Crippen LogP contribution in [-0.2, 0) is 15.3 Å². The first kappa shape index (κ1) is 17.8. The first-order valence-electron chi connectivity index (χ1n) is 7.97. The zero-order chi connectivity index (χ0) is 16.7. The topological polar surface area (TPSA) is 52.7 Å². The molecule has 126 valence electrons. The summed E-state index contributed by atoms with van der Waals surface area (Å²) in [6, 6.07) is 10.2. The van der Waals surface area contributed by atoms with Gasteiger partial charge in [0.15, 0.2) is 0 Å². The van der Waals surface area contributed by atoms with Gasteiger partial charge in [0.05, 0.1) is 11.8 Å². The van der Waals surface area contributed by atoms with Crippen LogP contribution in [0.1, 0.15) is 12.5 Å². The fraction of sp³-hybridized carbons (Fsp3) is 0.529. The third-order valence-electron chi connectivity index (χ3n) is 4.02. The van der Waals surface area contributed by atoms with Crippen molar-refractivity contribution in [2.45, 2.75) is 17.9 Å². The van der Waals surface area contributed by atoms with Crippen LogP contribution < -0.4 is 5.32 Å². The van der Waals surface area contributed by atoms with Crippen molar-refractivity contribution in [1.82, 2.24) is 15.1 Å². The smallest absolute Gasteiger partial charge is 0.235 e. The van der Waals surface area contributed by atoms with Crippen LogP contribution in [0.2, 0.25) is 0 Å². The Morgan fingerprint density at radius 2 is 1.83 bits per heavy atom. The molecular weight excluding hydrogens is 310 g/mol. The Hall–Kier alpha value is -1.53. The van der Waals surface area contributed by atoms with E-state index < -0.39 is 0 Å². The lowest BCUT2D eigenvalue weighted by atomic mass is 10.2. The summed E-state index contributed by atoms with van der Waals surface area (Å²) >= 11 is 1.68. The summed E-state index contributed by atoms with van der Waals surface area (Å²) in [5.74, 6) is 1.08. The van der Waals surface area contributed by atoms with Gasteiger partial charge in [-0.15, -0.1) is 11.8 Å². The molecule has 2 amide bonds. The third kappa shape index (κ3) is 5.55. The summed E-state index contributed by atoms with van der Waals surface area (Å²) in [4.78, 5) is 27.9. The molecule has 0 aliphatic carbocycles. The fourth-order valence-electron chi connectivity index (χ4n) is 2.53. The molecule has 0 aromatic heterocycles. The quantitative estimate of drug-likeness (QED) is 0.849. The van der Waals surface area contributed by atoms with E-state index in [0.717, 1.165) is 18.8 Å². The van der Waals surface area contributed by atoms with Crippen molar-refractivity contribution >= 4 is 23.6 Å². The highest BCUT2D eigenvalue weighted by atomic mass is 32.2. The highest BCUT2D eigenvalue weighted by Gasteiger charge is 2.25. The SMILES string of the molecule is CNC(=O)CN1CCN(C(=O)C(C)SCc2ccccc2)CC1. The molecule has 6 heteroatoms. The molecule has 5 nitrogen and oxygen atoms in total. The maximum Gasteiger partial charge on any atom is 0.235 e. The van der Waals surface area contributed by atoms with Gasteiger partial charge < -0.3 is 10.2 Å². The van der Waals surface area contributed by atoms with Crippen molar-refractivity contribution in [2.24, 2.45) is 0 Å². The number of thioether (sulfide) groups is 1. The maximum absolute atomic E-state index is 12.5. The standard InChI is InChI=1S/C17H25N3O2S/c1-14(23-13-15-6-4-3-5-7-15)17(22)20-10-8-19(9-11-20)12-16(21)18-2/h3-7,14H,8-13H2,1-2H3,(H,18,21). The van der Waals surface area contributed by atoms with Crippen molar-refractivity contribution in [2.75, 3.05) is 39.8 Å². The lowest BCUT2D eigenvalue weighted by Crippen LogP contribution is -2.52. The molecule has 1 aliphatic heterocycles. The zero-order valence-corrected chi connectivity index (χ0v) is 14.6. The van der Waals surface area contributed by atoms with E-state index in [4.69, 9.17) is 0 Å². The van der Waals surface area contributed by atoms with E-state index in [9.17, 15) is 9.59 Å². The lowest BCUT2D eigenvalue weighted by molar-refractivity contribution is -0.132. The number of carbonyl (C=O) groups is 2. The number of rotatable bonds is 6.